The van der Waals surface area contributed by atoms with E-state index in [0.29, 0.717) is 18.7 Å². The molecule has 0 aliphatic rings. The van der Waals surface area contributed by atoms with E-state index in [1.807, 2.05) is 26.0 Å². The molecule has 0 fully saturated rings. The van der Waals surface area contributed by atoms with Crippen molar-refractivity contribution in [1.82, 2.24) is 10.6 Å². The number of aliphatic imine (C=N–C) groups is 1. The third-order valence-electron chi connectivity index (χ3n) is 2.80. The number of halogens is 1. The Labute approximate surface area is 148 Å². The quantitative estimate of drug-likeness (QED) is 0.354. The van der Waals surface area contributed by atoms with Crippen LogP contribution in [-0.2, 0) is 11.3 Å². The van der Waals surface area contributed by atoms with Gasteiger partial charge in [0.15, 0.2) is 5.96 Å². The van der Waals surface area contributed by atoms with Crippen LogP contribution in [0.15, 0.2) is 29.3 Å². The van der Waals surface area contributed by atoms with Gasteiger partial charge in [-0.1, -0.05) is 12.1 Å². The van der Waals surface area contributed by atoms with Crippen LogP contribution in [-0.4, -0.2) is 38.2 Å². The zero-order valence-corrected chi connectivity index (χ0v) is 15.6. The molecule has 0 saturated heterocycles. The van der Waals surface area contributed by atoms with Gasteiger partial charge in [0.1, 0.15) is 0 Å². The third-order valence-corrected chi connectivity index (χ3v) is 2.80. The molecule has 1 amide bonds. The van der Waals surface area contributed by atoms with Crippen molar-refractivity contribution in [1.29, 1.82) is 0 Å². The standard InChI is InChI=1S/C15H24N4O2.HI/c1-4-17-15(19-11(2)10-21-3)18-9-12-5-7-13(8-6-12)14(16)20;/h5-8,11H,4,9-10H2,1-3H3,(H2,16,20)(H2,17,18,19);1H. The molecule has 22 heavy (non-hydrogen) atoms. The fraction of sp³-hybridized carbons (Fsp3) is 0.467. The number of nitrogens with one attached hydrogen (secondary N) is 2. The minimum absolute atomic E-state index is 0. The summed E-state index contributed by atoms with van der Waals surface area (Å²) < 4.78 is 5.09. The number of carbonyl (C=O) groups is 1. The lowest BCUT2D eigenvalue weighted by Crippen LogP contribution is -2.43. The number of methoxy groups -OCH3 is 1. The highest BCUT2D eigenvalue weighted by Crippen LogP contribution is 2.05. The lowest BCUT2D eigenvalue weighted by molar-refractivity contribution is 0.100. The van der Waals surface area contributed by atoms with E-state index < -0.39 is 5.91 Å². The molecule has 1 rings (SSSR count). The lowest BCUT2D eigenvalue weighted by Gasteiger charge is -2.17. The average molecular weight is 420 g/mol. The van der Waals surface area contributed by atoms with E-state index in [1.165, 1.54) is 0 Å². The van der Waals surface area contributed by atoms with Crippen molar-refractivity contribution in [2.24, 2.45) is 10.7 Å². The van der Waals surface area contributed by atoms with Crippen LogP contribution >= 0.6 is 24.0 Å². The fourth-order valence-corrected chi connectivity index (χ4v) is 1.79. The minimum Gasteiger partial charge on any atom is -0.383 e. The Balaban J connectivity index is 0.00000441. The summed E-state index contributed by atoms with van der Waals surface area (Å²) in [6.45, 7) is 5.95. The van der Waals surface area contributed by atoms with Crippen LogP contribution in [0.5, 0.6) is 0 Å². The van der Waals surface area contributed by atoms with Crippen LogP contribution < -0.4 is 16.4 Å². The topological polar surface area (TPSA) is 88.7 Å². The summed E-state index contributed by atoms with van der Waals surface area (Å²) in [5.41, 5.74) is 6.72. The zero-order chi connectivity index (χ0) is 15.7. The van der Waals surface area contributed by atoms with E-state index >= 15 is 0 Å². The average Bonchev–Trinajstić information content (AvgIpc) is 2.45. The highest BCUT2D eigenvalue weighted by molar-refractivity contribution is 14.0. The number of hydrogen-bond donors (Lipinski definition) is 3. The third kappa shape index (κ3) is 7.60. The first-order valence-electron chi connectivity index (χ1n) is 6.99. The SMILES string of the molecule is CCNC(=NCc1ccc(C(N)=O)cc1)NC(C)COC.I. The molecule has 0 radical (unpaired) electrons. The van der Waals surface area contributed by atoms with Gasteiger partial charge in [0, 0.05) is 25.3 Å². The number of benzene rings is 1. The van der Waals surface area contributed by atoms with Crippen LogP contribution in [0.4, 0.5) is 0 Å². The number of hydrogen-bond acceptors (Lipinski definition) is 3. The summed E-state index contributed by atoms with van der Waals surface area (Å²) >= 11 is 0. The molecule has 124 valence electrons. The lowest BCUT2D eigenvalue weighted by atomic mass is 10.1. The second-order valence-corrected chi connectivity index (χ2v) is 4.76. The second-order valence-electron chi connectivity index (χ2n) is 4.76. The van der Waals surface area contributed by atoms with Gasteiger partial charge in [-0.25, -0.2) is 4.99 Å². The van der Waals surface area contributed by atoms with Crippen molar-refractivity contribution in [3.8, 4) is 0 Å². The second kappa shape index (κ2) is 11.2. The van der Waals surface area contributed by atoms with E-state index in [2.05, 4.69) is 15.6 Å². The minimum atomic E-state index is -0.423. The first-order chi connectivity index (χ1) is 10.1. The maximum atomic E-state index is 11.0. The highest BCUT2D eigenvalue weighted by atomic mass is 127. The summed E-state index contributed by atoms with van der Waals surface area (Å²) in [6, 6.07) is 7.30. The maximum absolute atomic E-state index is 11.0. The van der Waals surface area contributed by atoms with Gasteiger partial charge in [-0.3, -0.25) is 4.79 Å². The van der Waals surface area contributed by atoms with Crippen molar-refractivity contribution in [3.05, 3.63) is 35.4 Å². The summed E-state index contributed by atoms with van der Waals surface area (Å²) in [6.07, 6.45) is 0. The number of amides is 1. The van der Waals surface area contributed by atoms with E-state index in [4.69, 9.17) is 10.5 Å². The molecule has 4 N–H and O–H groups in total. The Morgan fingerprint density at radius 3 is 2.50 bits per heavy atom. The molecule has 7 heteroatoms. The first kappa shape index (κ1) is 20.6. The smallest absolute Gasteiger partial charge is 0.248 e. The molecule has 0 saturated carbocycles. The first-order valence-corrected chi connectivity index (χ1v) is 6.99. The van der Waals surface area contributed by atoms with Gasteiger partial charge in [-0.15, -0.1) is 24.0 Å². The molecule has 0 heterocycles. The van der Waals surface area contributed by atoms with E-state index in [0.717, 1.165) is 18.1 Å². The van der Waals surface area contributed by atoms with Gasteiger partial charge >= 0.3 is 0 Å². The van der Waals surface area contributed by atoms with Gasteiger partial charge in [-0.05, 0) is 31.5 Å². The predicted molar refractivity (Wildman–Crippen MR) is 99.7 cm³/mol. The van der Waals surface area contributed by atoms with Gasteiger partial charge < -0.3 is 21.1 Å². The van der Waals surface area contributed by atoms with Gasteiger partial charge in [0.25, 0.3) is 0 Å². The number of rotatable bonds is 7. The van der Waals surface area contributed by atoms with Crippen molar-refractivity contribution in [2.45, 2.75) is 26.4 Å². The molecule has 1 atom stereocenters. The van der Waals surface area contributed by atoms with Crippen molar-refractivity contribution < 1.29 is 9.53 Å². The van der Waals surface area contributed by atoms with Crippen LogP contribution in [0.3, 0.4) is 0 Å². The molecular weight excluding hydrogens is 395 g/mol. The highest BCUT2D eigenvalue weighted by Gasteiger charge is 2.04. The number of nitrogens with zero attached hydrogens (tertiary/aromatic N) is 1. The molecule has 0 bridgehead atoms. The van der Waals surface area contributed by atoms with E-state index in [1.54, 1.807) is 19.2 Å². The zero-order valence-electron chi connectivity index (χ0n) is 13.3. The van der Waals surface area contributed by atoms with Crippen LogP contribution in [0.25, 0.3) is 0 Å². The predicted octanol–water partition coefficient (Wildman–Crippen LogP) is 1.49. The molecule has 1 unspecified atom stereocenters. The van der Waals surface area contributed by atoms with Gasteiger partial charge in [-0.2, -0.15) is 0 Å². The van der Waals surface area contributed by atoms with Crippen molar-refractivity contribution in [2.75, 3.05) is 20.3 Å². The summed E-state index contributed by atoms with van der Waals surface area (Å²) in [7, 11) is 1.67. The maximum Gasteiger partial charge on any atom is 0.248 e. The Kier molecular flexibility index (Phi) is 10.6. The fourth-order valence-electron chi connectivity index (χ4n) is 1.79. The molecule has 0 aromatic heterocycles. The molecule has 6 nitrogen and oxygen atoms in total. The Morgan fingerprint density at radius 1 is 1.36 bits per heavy atom. The normalized spacial score (nSPS) is 12.2. The van der Waals surface area contributed by atoms with E-state index in [-0.39, 0.29) is 30.0 Å². The van der Waals surface area contributed by atoms with Gasteiger partial charge in [0.05, 0.1) is 13.2 Å². The summed E-state index contributed by atoms with van der Waals surface area (Å²) in [5, 5.41) is 6.44. The number of ether oxygens (including phenoxy) is 1. The molecular formula is C15H25IN4O2. The molecule has 0 aliphatic carbocycles. The molecule has 0 aliphatic heterocycles. The number of primary amides is 1. The summed E-state index contributed by atoms with van der Waals surface area (Å²) in [4.78, 5) is 15.5. The molecule has 1 aromatic carbocycles. The molecule has 0 spiro atoms. The van der Waals surface area contributed by atoms with Gasteiger partial charge in [0.2, 0.25) is 5.91 Å². The monoisotopic (exact) mass is 420 g/mol. The van der Waals surface area contributed by atoms with Crippen molar-refractivity contribution in [3.63, 3.8) is 0 Å². The number of nitrogens with two attached hydrogens (primary N) is 1. The Morgan fingerprint density at radius 2 is 2.00 bits per heavy atom. The largest absolute Gasteiger partial charge is 0.383 e. The van der Waals surface area contributed by atoms with Crippen LogP contribution in [0.2, 0.25) is 0 Å². The Bertz CT molecular complexity index is 477. The number of carbonyl (C=O) groups excluding carboxylic acids is 1. The van der Waals surface area contributed by atoms with E-state index in [9.17, 15) is 4.79 Å². The summed E-state index contributed by atoms with van der Waals surface area (Å²) in [5.74, 6) is 0.314. The van der Waals surface area contributed by atoms with Crippen molar-refractivity contribution >= 4 is 35.8 Å². The number of guanidine groups is 1. The van der Waals surface area contributed by atoms with Crippen LogP contribution in [0.1, 0.15) is 29.8 Å². The molecule has 1 aromatic rings. The van der Waals surface area contributed by atoms with Crippen LogP contribution in [0, 0.1) is 0 Å². The Hall–Kier alpha value is -1.35.